The van der Waals surface area contributed by atoms with E-state index in [4.69, 9.17) is 35.4 Å². The van der Waals surface area contributed by atoms with Crippen molar-refractivity contribution in [2.45, 2.75) is 4.90 Å². The van der Waals surface area contributed by atoms with E-state index in [1.165, 1.54) is 21.6 Å². The van der Waals surface area contributed by atoms with E-state index in [0.717, 1.165) is 16.3 Å². The first-order valence-electron chi connectivity index (χ1n) is 9.95. The van der Waals surface area contributed by atoms with Crippen molar-refractivity contribution in [3.8, 4) is 0 Å². The Kier molecular flexibility index (Phi) is 8.27. The third-order valence-corrected chi connectivity index (χ3v) is 7.10. The van der Waals surface area contributed by atoms with Gasteiger partial charge in [0.2, 0.25) is 0 Å². The lowest BCUT2D eigenvalue weighted by Crippen LogP contribution is -2.56. The van der Waals surface area contributed by atoms with Crippen LogP contribution in [0.5, 0.6) is 0 Å². The van der Waals surface area contributed by atoms with E-state index in [2.05, 4.69) is 18.1 Å². The minimum atomic E-state index is -0.423. The average molecular weight is 512 g/mol. The molecule has 1 saturated heterocycles. The normalized spacial score (nSPS) is 16.1. The lowest BCUT2D eigenvalue weighted by molar-refractivity contribution is -0.133. The lowest BCUT2D eigenvalue weighted by Gasteiger charge is -2.36. The second-order valence-corrected chi connectivity index (χ2v) is 9.20. The molecule has 0 aliphatic carbocycles. The van der Waals surface area contributed by atoms with E-state index in [-0.39, 0.29) is 23.8 Å². The fourth-order valence-corrected chi connectivity index (χ4v) is 5.51. The summed E-state index contributed by atoms with van der Waals surface area (Å²) in [7, 11) is 1.85. The molecule has 170 valence electrons. The number of hydrogen-bond acceptors (Lipinski definition) is 6. The molecule has 0 spiro atoms. The largest absolute Gasteiger partial charge is 0.369 e. The van der Waals surface area contributed by atoms with Crippen molar-refractivity contribution in [2.24, 2.45) is 0 Å². The second-order valence-electron chi connectivity index (χ2n) is 7.05. The van der Waals surface area contributed by atoms with Gasteiger partial charge < -0.3 is 9.80 Å². The van der Waals surface area contributed by atoms with E-state index in [1.807, 2.05) is 30.1 Å². The van der Waals surface area contributed by atoms with Crippen LogP contribution in [-0.4, -0.2) is 71.7 Å². The predicted octanol–water partition coefficient (Wildman–Crippen LogP) is 4.05. The Labute approximate surface area is 208 Å². The Morgan fingerprint density at radius 2 is 1.62 bits per heavy atom. The van der Waals surface area contributed by atoms with Crippen molar-refractivity contribution < 1.29 is 9.59 Å². The molecule has 2 aliphatic rings. The number of fused-ring (bicyclic) bond motifs is 1. The minimum absolute atomic E-state index is 0.0888. The van der Waals surface area contributed by atoms with Gasteiger partial charge in [0.1, 0.15) is 5.57 Å². The Hall–Kier alpha value is -2.00. The Morgan fingerprint density at radius 1 is 1.06 bits per heavy atom. The zero-order chi connectivity index (χ0) is 23.4. The molecule has 2 aliphatic heterocycles. The van der Waals surface area contributed by atoms with Crippen LogP contribution in [0.15, 0.2) is 59.0 Å². The van der Waals surface area contributed by atoms with Gasteiger partial charge in [-0.05, 0) is 30.4 Å². The topological polar surface area (TPSA) is 47.1 Å². The van der Waals surface area contributed by atoms with E-state index < -0.39 is 11.8 Å². The van der Waals surface area contributed by atoms with E-state index in [1.54, 1.807) is 12.2 Å². The quantitative estimate of drug-likeness (QED) is 0.164. The molecular weight excluding hydrogens is 487 g/mol. The minimum Gasteiger partial charge on any atom is -0.369 e. The summed E-state index contributed by atoms with van der Waals surface area (Å²) in [4.78, 5) is 34.3. The highest BCUT2D eigenvalue weighted by Gasteiger charge is 2.43. The molecule has 3 rings (SSSR count). The molecule has 1 aromatic carbocycles. The number of anilines is 2. The Bertz CT molecular complexity index is 958. The van der Waals surface area contributed by atoms with Crippen LogP contribution in [0.2, 0.25) is 0 Å². The molecule has 10 heteroatoms. The van der Waals surface area contributed by atoms with E-state index in [0.29, 0.717) is 29.9 Å². The number of nitrogens with zero attached hydrogens (tertiary/aromatic N) is 4. The molecule has 2 heterocycles. The Morgan fingerprint density at radius 3 is 2.12 bits per heavy atom. The molecule has 2 amide bonds. The zero-order valence-corrected chi connectivity index (χ0v) is 20.9. The van der Waals surface area contributed by atoms with Gasteiger partial charge in [0, 0.05) is 55.6 Å². The fourth-order valence-electron chi connectivity index (χ4n) is 3.58. The predicted molar refractivity (Wildman–Crippen MR) is 138 cm³/mol. The van der Waals surface area contributed by atoms with Crippen LogP contribution in [-0.2, 0) is 9.59 Å². The van der Waals surface area contributed by atoms with Crippen molar-refractivity contribution in [1.82, 2.24) is 9.80 Å². The van der Waals surface area contributed by atoms with Gasteiger partial charge in [0.15, 0.2) is 5.11 Å². The number of benzene rings is 1. The number of hydrogen-bond donors (Lipinski definition) is 0. The highest BCUT2D eigenvalue weighted by molar-refractivity contribution is 8.03. The van der Waals surface area contributed by atoms with Gasteiger partial charge in [0.25, 0.3) is 11.8 Å². The molecule has 0 unspecified atom stereocenters. The molecule has 32 heavy (non-hydrogen) atoms. The molecule has 6 nitrogen and oxygen atoms in total. The summed E-state index contributed by atoms with van der Waals surface area (Å²) in [6.07, 6.45) is 3.17. The van der Waals surface area contributed by atoms with Crippen LogP contribution in [0, 0.1) is 0 Å². The smallest absolute Gasteiger partial charge is 0.268 e. The van der Waals surface area contributed by atoms with Gasteiger partial charge >= 0.3 is 0 Å². The van der Waals surface area contributed by atoms with Crippen LogP contribution < -0.4 is 9.80 Å². The number of carbonyl (C=O) groups is 2. The molecule has 0 saturated carbocycles. The highest BCUT2D eigenvalue weighted by atomic mass is 35.5. The number of thiocarbonyl (C=S) groups is 1. The summed E-state index contributed by atoms with van der Waals surface area (Å²) >= 11 is 18.7. The summed E-state index contributed by atoms with van der Waals surface area (Å²) < 4.78 is 0. The maximum absolute atomic E-state index is 13.3. The molecule has 1 fully saturated rings. The molecule has 0 N–H and O–H groups in total. The molecule has 0 bridgehead atoms. The van der Waals surface area contributed by atoms with Gasteiger partial charge in [0.05, 0.1) is 10.7 Å². The third-order valence-electron chi connectivity index (χ3n) is 5.11. The Balaban J connectivity index is 2.04. The summed E-state index contributed by atoms with van der Waals surface area (Å²) in [5, 5.41) is 0.728. The monoisotopic (exact) mass is 510 g/mol. The number of amides is 2. The van der Waals surface area contributed by atoms with E-state index in [9.17, 15) is 9.59 Å². The SMILES string of the molecule is C=CCN1C(=O)C(=C2Sc3cc(N(CCCl)CCCl)ccc3N2C)C(=O)N(CC=C)C1=S. The van der Waals surface area contributed by atoms with Crippen molar-refractivity contribution >= 4 is 75.5 Å². The van der Waals surface area contributed by atoms with Crippen LogP contribution in [0.4, 0.5) is 11.4 Å². The van der Waals surface area contributed by atoms with E-state index >= 15 is 0 Å². The number of alkyl halides is 2. The maximum Gasteiger partial charge on any atom is 0.268 e. The second kappa shape index (κ2) is 10.7. The summed E-state index contributed by atoms with van der Waals surface area (Å²) in [5.41, 5.74) is 1.99. The average Bonchev–Trinajstić information content (AvgIpc) is 3.09. The van der Waals surface area contributed by atoms with Crippen molar-refractivity contribution in [3.05, 3.63) is 54.1 Å². The summed E-state index contributed by atoms with van der Waals surface area (Å²) in [6.45, 7) is 9.18. The molecule has 1 aromatic rings. The lowest BCUT2D eigenvalue weighted by atomic mass is 10.1. The highest BCUT2D eigenvalue weighted by Crippen LogP contribution is 2.48. The van der Waals surface area contributed by atoms with Crippen LogP contribution >= 0.6 is 47.2 Å². The summed E-state index contributed by atoms with van der Waals surface area (Å²) in [5.74, 6) is 0.122. The number of rotatable bonds is 9. The van der Waals surface area contributed by atoms with Crippen LogP contribution in [0.25, 0.3) is 0 Å². The maximum atomic E-state index is 13.3. The summed E-state index contributed by atoms with van der Waals surface area (Å²) in [6, 6.07) is 6.01. The van der Waals surface area contributed by atoms with Gasteiger partial charge in [-0.3, -0.25) is 19.4 Å². The molecule has 0 aromatic heterocycles. The number of halogens is 2. The van der Waals surface area contributed by atoms with Crippen LogP contribution in [0.3, 0.4) is 0 Å². The van der Waals surface area contributed by atoms with Gasteiger partial charge in [-0.25, -0.2) is 0 Å². The molecular formula is C22H24Cl2N4O2S2. The molecule has 0 radical (unpaired) electrons. The first kappa shape index (κ1) is 24.6. The van der Waals surface area contributed by atoms with Gasteiger partial charge in [-0.1, -0.05) is 23.9 Å². The number of carbonyl (C=O) groups excluding carboxylic acids is 2. The first-order chi connectivity index (χ1) is 15.4. The third kappa shape index (κ3) is 4.55. The molecule has 0 atom stereocenters. The van der Waals surface area contributed by atoms with Gasteiger partial charge in [-0.2, -0.15) is 0 Å². The van der Waals surface area contributed by atoms with Crippen molar-refractivity contribution in [1.29, 1.82) is 0 Å². The van der Waals surface area contributed by atoms with Gasteiger partial charge in [-0.15, -0.1) is 36.4 Å². The van der Waals surface area contributed by atoms with Crippen molar-refractivity contribution in [2.75, 3.05) is 54.8 Å². The zero-order valence-electron chi connectivity index (χ0n) is 17.7. The first-order valence-corrected chi connectivity index (χ1v) is 12.2. The van der Waals surface area contributed by atoms with Crippen LogP contribution in [0.1, 0.15) is 0 Å². The standard InChI is InChI=1S/C22H24Cl2N4O2S2/c1-4-10-27-19(29)18(20(30)28(11-5-2)22(27)31)21-25(3)16-7-6-15(14-17(16)32-21)26(12-8-23)13-9-24/h4-7,14H,1-2,8-13H2,3H3. The fraction of sp³-hybridized carbons (Fsp3) is 0.318. The number of thioether (sulfide) groups is 1. The van der Waals surface area contributed by atoms with Crippen molar-refractivity contribution in [3.63, 3.8) is 0 Å².